The first-order valence-corrected chi connectivity index (χ1v) is 6.80. The molecule has 0 aliphatic heterocycles. The minimum absolute atomic E-state index is 0.165. The molecule has 0 bridgehead atoms. The lowest BCUT2D eigenvalue weighted by Gasteiger charge is -2.08. The van der Waals surface area contributed by atoms with Crippen LogP contribution in [0.1, 0.15) is 11.1 Å². The molecule has 0 aromatic heterocycles. The van der Waals surface area contributed by atoms with Crippen LogP contribution in [0.25, 0.3) is 0 Å². The summed E-state index contributed by atoms with van der Waals surface area (Å²) in [5.74, 6) is 5.21. The Balaban J connectivity index is 2.12. The van der Waals surface area contributed by atoms with Gasteiger partial charge in [0.2, 0.25) is 5.91 Å². The Morgan fingerprint density at radius 1 is 1.14 bits per heavy atom. The van der Waals surface area contributed by atoms with E-state index >= 15 is 0 Å². The Hall–Kier alpha value is -2.28. The van der Waals surface area contributed by atoms with E-state index in [9.17, 15) is 4.79 Å². The van der Waals surface area contributed by atoms with Gasteiger partial charge in [0, 0.05) is 10.6 Å². The van der Waals surface area contributed by atoms with Crippen molar-refractivity contribution in [3.05, 3.63) is 64.7 Å². The third-order valence-corrected chi connectivity index (χ3v) is 3.18. The van der Waals surface area contributed by atoms with Gasteiger partial charge in [0.25, 0.3) is 0 Å². The van der Waals surface area contributed by atoms with Gasteiger partial charge in [0.05, 0.1) is 12.1 Å². The van der Waals surface area contributed by atoms with E-state index in [0.29, 0.717) is 16.3 Å². The van der Waals surface area contributed by atoms with Crippen molar-refractivity contribution in [3.63, 3.8) is 0 Å². The third-order valence-electron chi connectivity index (χ3n) is 2.81. The molecule has 0 saturated carbocycles. The van der Waals surface area contributed by atoms with Gasteiger partial charge in [0.1, 0.15) is 6.61 Å². The fourth-order valence-corrected chi connectivity index (χ4v) is 2.05. The zero-order valence-corrected chi connectivity index (χ0v) is 12.0. The first kappa shape index (κ1) is 15.1. The van der Waals surface area contributed by atoms with Crippen LogP contribution in [0.3, 0.4) is 0 Å². The third kappa shape index (κ3) is 4.35. The molecule has 0 fully saturated rings. The molecule has 2 aromatic carbocycles. The first-order chi connectivity index (χ1) is 10.2. The van der Waals surface area contributed by atoms with Crippen molar-refractivity contribution in [1.82, 2.24) is 0 Å². The molecule has 2 aromatic rings. The van der Waals surface area contributed by atoms with Crippen molar-refractivity contribution in [2.45, 2.75) is 6.42 Å². The molecule has 0 aliphatic rings. The summed E-state index contributed by atoms with van der Waals surface area (Å²) >= 11 is 6.04. The smallest absolute Gasteiger partial charge is 0.228 e. The number of carbonyl (C=O) groups is 1. The molecular formula is C17H14ClNO2. The highest BCUT2D eigenvalue weighted by atomic mass is 35.5. The quantitative estimate of drug-likeness (QED) is 0.856. The first-order valence-electron chi connectivity index (χ1n) is 6.42. The predicted octanol–water partition coefficient (Wildman–Crippen LogP) is 2.87. The summed E-state index contributed by atoms with van der Waals surface area (Å²) in [6, 6.07) is 14.4. The highest BCUT2D eigenvalue weighted by Gasteiger charge is 2.08. The zero-order valence-electron chi connectivity index (χ0n) is 11.3. The maximum absolute atomic E-state index is 12.1. The minimum atomic E-state index is -0.220. The van der Waals surface area contributed by atoms with E-state index in [-0.39, 0.29) is 18.9 Å². The van der Waals surface area contributed by atoms with E-state index in [2.05, 4.69) is 17.2 Å². The Bertz CT molecular complexity index is 701. The van der Waals surface area contributed by atoms with E-state index in [1.165, 1.54) is 0 Å². The molecule has 0 spiro atoms. The van der Waals surface area contributed by atoms with Crippen LogP contribution in [0.15, 0.2) is 48.5 Å². The summed E-state index contributed by atoms with van der Waals surface area (Å²) in [6.07, 6.45) is 0.196. The number of hydrogen-bond acceptors (Lipinski definition) is 2. The molecule has 3 nitrogen and oxygen atoms in total. The Labute approximate surface area is 128 Å². The minimum Gasteiger partial charge on any atom is -0.384 e. The molecule has 0 unspecified atom stereocenters. The van der Waals surface area contributed by atoms with Gasteiger partial charge in [-0.05, 0) is 23.8 Å². The standard InChI is InChI=1S/C17H14ClNO2/c18-15-9-3-1-7-14(15)12-17(21)19-16-10-4-2-6-13(16)8-5-11-20/h1-4,6-7,9-10,20H,11-12H2,(H,19,21). The van der Waals surface area contributed by atoms with Gasteiger partial charge in [0.15, 0.2) is 0 Å². The molecule has 21 heavy (non-hydrogen) atoms. The summed E-state index contributed by atoms with van der Waals surface area (Å²) in [5.41, 5.74) is 2.06. The van der Waals surface area contributed by atoms with Crippen LogP contribution in [0.4, 0.5) is 5.69 Å². The van der Waals surface area contributed by atoms with Gasteiger partial charge in [-0.1, -0.05) is 53.8 Å². The van der Waals surface area contributed by atoms with Crippen LogP contribution < -0.4 is 5.32 Å². The van der Waals surface area contributed by atoms with E-state index in [1.54, 1.807) is 18.2 Å². The van der Waals surface area contributed by atoms with E-state index < -0.39 is 0 Å². The maximum atomic E-state index is 12.1. The lowest BCUT2D eigenvalue weighted by molar-refractivity contribution is -0.115. The number of benzene rings is 2. The molecule has 2 rings (SSSR count). The molecule has 0 saturated heterocycles. The largest absolute Gasteiger partial charge is 0.384 e. The second-order valence-electron chi connectivity index (χ2n) is 4.32. The number of rotatable bonds is 3. The summed E-state index contributed by atoms with van der Waals surface area (Å²) in [6.45, 7) is -0.220. The lowest BCUT2D eigenvalue weighted by Crippen LogP contribution is -2.15. The highest BCUT2D eigenvalue weighted by molar-refractivity contribution is 6.31. The number of para-hydroxylation sites is 1. The molecule has 0 aliphatic carbocycles. The number of aliphatic hydroxyl groups excluding tert-OH is 1. The topological polar surface area (TPSA) is 49.3 Å². The summed E-state index contributed by atoms with van der Waals surface area (Å²) in [5, 5.41) is 12.1. The molecule has 1 amide bonds. The van der Waals surface area contributed by atoms with Crippen LogP contribution in [0.2, 0.25) is 5.02 Å². The summed E-state index contributed by atoms with van der Waals surface area (Å²) in [4.78, 5) is 12.1. The monoisotopic (exact) mass is 299 g/mol. The second kappa shape index (κ2) is 7.49. The molecule has 0 radical (unpaired) electrons. The van der Waals surface area contributed by atoms with Crippen LogP contribution in [0.5, 0.6) is 0 Å². The summed E-state index contributed by atoms with van der Waals surface area (Å²) in [7, 11) is 0. The average Bonchev–Trinajstić information content (AvgIpc) is 2.49. The Kier molecular flexibility index (Phi) is 5.39. The Morgan fingerprint density at radius 2 is 1.86 bits per heavy atom. The molecule has 2 N–H and O–H groups in total. The number of nitrogens with one attached hydrogen (secondary N) is 1. The van der Waals surface area contributed by atoms with E-state index in [1.807, 2.05) is 30.3 Å². The van der Waals surface area contributed by atoms with E-state index in [0.717, 1.165) is 5.56 Å². The Morgan fingerprint density at radius 3 is 2.62 bits per heavy atom. The van der Waals surface area contributed by atoms with Crippen LogP contribution in [-0.4, -0.2) is 17.6 Å². The van der Waals surface area contributed by atoms with Crippen molar-refractivity contribution >= 4 is 23.2 Å². The number of anilines is 1. The lowest BCUT2D eigenvalue weighted by atomic mass is 10.1. The number of carbonyl (C=O) groups excluding carboxylic acids is 1. The zero-order chi connectivity index (χ0) is 15.1. The maximum Gasteiger partial charge on any atom is 0.228 e. The van der Waals surface area contributed by atoms with Gasteiger partial charge in [-0.15, -0.1) is 0 Å². The van der Waals surface area contributed by atoms with Gasteiger partial charge < -0.3 is 10.4 Å². The van der Waals surface area contributed by atoms with Crippen molar-refractivity contribution in [2.75, 3.05) is 11.9 Å². The summed E-state index contributed by atoms with van der Waals surface area (Å²) < 4.78 is 0. The number of hydrogen-bond donors (Lipinski definition) is 2. The van der Waals surface area contributed by atoms with E-state index in [4.69, 9.17) is 16.7 Å². The van der Waals surface area contributed by atoms with Crippen molar-refractivity contribution in [1.29, 1.82) is 0 Å². The van der Waals surface area contributed by atoms with Crippen molar-refractivity contribution in [3.8, 4) is 11.8 Å². The molecule has 0 atom stereocenters. The van der Waals surface area contributed by atoms with Gasteiger partial charge in [-0.2, -0.15) is 0 Å². The van der Waals surface area contributed by atoms with Gasteiger partial charge in [-0.25, -0.2) is 0 Å². The number of aliphatic hydroxyl groups is 1. The van der Waals surface area contributed by atoms with Crippen LogP contribution in [0, 0.1) is 11.8 Å². The fourth-order valence-electron chi connectivity index (χ4n) is 1.85. The number of halogens is 1. The predicted molar refractivity (Wildman–Crippen MR) is 84.2 cm³/mol. The highest BCUT2D eigenvalue weighted by Crippen LogP contribution is 2.17. The average molecular weight is 300 g/mol. The molecule has 106 valence electrons. The van der Waals surface area contributed by atoms with Crippen molar-refractivity contribution < 1.29 is 9.90 Å². The fraction of sp³-hybridized carbons (Fsp3) is 0.118. The van der Waals surface area contributed by atoms with Gasteiger partial charge in [-0.3, -0.25) is 4.79 Å². The molecular weight excluding hydrogens is 286 g/mol. The van der Waals surface area contributed by atoms with Crippen molar-refractivity contribution in [2.24, 2.45) is 0 Å². The van der Waals surface area contributed by atoms with Gasteiger partial charge >= 0.3 is 0 Å². The SMILES string of the molecule is O=C(Cc1ccccc1Cl)Nc1ccccc1C#CCO. The van der Waals surface area contributed by atoms with Crippen LogP contribution in [-0.2, 0) is 11.2 Å². The normalized spacial score (nSPS) is 9.62. The number of amides is 1. The molecule has 4 heteroatoms. The van der Waals surface area contributed by atoms with Crippen LogP contribution >= 0.6 is 11.6 Å². The molecule has 0 heterocycles. The second-order valence-corrected chi connectivity index (χ2v) is 4.73.